The maximum absolute atomic E-state index is 12.4. The van der Waals surface area contributed by atoms with Crippen LogP contribution < -0.4 is 19.5 Å². The molecule has 24 heavy (non-hydrogen) atoms. The van der Waals surface area contributed by atoms with Crippen molar-refractivity contribution in [1.82, 2.24) is 0 Å². The fourth-order valence-corrected chi connectivity index (χ4v) is 2.36. The molecule has 1 amide bonds. The molecular formula is C18H20ClNO4. The summed E-state index contributed by atoms with van der Waals surface area (Å²) in [6, 6.07) is 10.7. The van der Waals surface area contributed by atoms with E-state index in [-0.39, 0.29) is 5.91 Å². The fraction of sp³-hybridized carbons (Fsp3) is 0.278. The molecule has 0 bridgehead atoms. The van der Waals surface area contributed by atoms with Crippen molar-refractivity contribution in [1.29, 1.82) is 0 Å². The molecule has 0 saturated heterocycles. The molecule has 0 radical (unpaired) electrons. The molecule has 2 rings (SSSR count). The molecule has 0 aromatic heterocycles. The molecule has 128 valence electrons. The molecule has 1 atom stereocenters. The molecule has 0 fully saturated rings. The monoisotopic (exact) mass is 349 g/mol. The Balaban J connectivity index is 2.15. The van der Waals surface area contributed by atoms with Crippen LogP contribution in [0, 0.1) is 6.92 Å². The quantitative estimate of drug-likeness (QED) is 0.854. The number of para-hydroxylation sites is 1. The SMILES string of the molecule is COc1cc(NC(=O)[C@@H](C)Oc2ccccc2C)c(OC)cc1Cl. The lowest BCUT2D eigenvalue weighted by Crippen LogP contribution is -2.30. The van der Waals surface area contributed by atoms with Crippen LogP contribution in [-0.4, -0.2) is 26.2 Å². The van der Waals surface area contributed by atoms with Gasteiger partial charge in [-0.1, -0.05) is 29.8 Å². The Kier molecular flexibility index (Phi) is 5.93. The molecule has 0 spiro atoms. The third-order valence-corrected chi connectivity index (χ3v) is 3.79. The lowest BCUT2D eigenvalue weighted by atomic mass is 10.2. The molecule has 0 saturated carbocycles. The first kappa shape index (κ1) is 17.9. The average molecular weight is 350 g/mol. The summed E-state index contributed by atoms with van der Waals surface area (Å²) in [7, 11) is 3.00. The van der Waals surface area contributed by atoms with Crippen LogP contribution in [0.15, 0.2) is 36.4 Å². The predicted molar refractivity (Wildman–Crippen MR) is 94.5 cm³/mol. The smallest absolute Gasteiger partial charge is 0.265 e. The standard InChI is InChI=1S/C18H20ClNO4/c1-11-7-5-6-8-15(11)24-12(2)18(21)20-14-10-16(22-3)13(19)9-17(14)23-4/h5-10,12H,1-4H3,(H,20,21)/t12-/m1/s1. The number of nitrogens with one attached hydrogen (secondary N) is 1. The van der Waals surface area contributed by atoms with E-state index in [1.54, 1.807) is 19.1 Å². The molecule has 1 N–H and O–H groups in total. The number of amides is 1. The van der Waals surface area contributed by atoms with E-state index in [4.69, 9.17) is 25.8 Å². The average Bonchev–Trinajstić information content (AvgIpc) is 2.57. The molecule has 0 heterocycles. The van der Waals surface area contributed by atoms with Gasteiger partial charge in [-0.2, -0.15) is 0 Å². The van der Waals surface area contributed by atoms with Gasteiger partial charge < -0.3 is 19.5 Å². The van der Waals surface area contributed by atoms with Crippen LogP contribution in [0.25, 0.3) is 0 Å². The minimum atomic E-state index is -0.683. The van der Waals surface area contributed by atoms with Crippen molar-refractivity contribution in [3.63, 3.8) is 0 Å². The summed E-state index contributed by atoms with van der Waals surface area (Å²) in [6.45, 7) is 3.61. The number of hydrogen-bond acceptors (Lipinski definition) is 4. The highest BCUT2D eigenvalue weighted by atomic mass is 35.5. The summed E-state index contributed by atoms with van der Waals surface area (Å²) < 4.78 is 16.1. The molecule has 0 unspecified atom stereocenters. The number of aryl methyl sites for hydroxylation is 1. The zero-order chi connectivity index (χ0) is 17.7. The number of ether oxygens (including phenoxy) is 3. The van der Waals surface area contributed by atoms with E-state index in [9.17, 15) is 4.79 Å². The van der Waals surface area contributed by atoms with Crippen molar-refractivity contribution in [2.24, 2.45) is 0 Å². The van der Waals surface area contributed by atoms with E-state index in [1.807, 2.05) is 31.2 Å². The number of anilines is 1. The van der Waals surface area contributed by atoms with Gasteiger partial charge in [-0.3, -0.25) is 4.79 Å². The van der Waals surface area contributed by atoms with Crippen LogP contribution in [0.5, 0.6) is 17.2 Å². The zero-order valence-corrected chi connectivity index (χ0v) is 14.8. The highest BCUT2D eigenvalue weighted by Gasteiger charge is 2.19. The maximum Gasteiger partial charge on any atom is 0.265 e. The van der Waals surface area contributed by atoms with Crippen LogP contribution in [-0.2, 0) is 4.79 Å². The molecule has 0 aliphatic heterocycles. The number of carbonyl (C=O) groups is 1. The first-order valence-electron chi connectivity index (χ1n) is 7.41. The number of methoxy groups -OCH3 is 2. The van der Waals surface area contributed by atoms with Crippen LogP contribution in [0.4, 0.5) is 5.69 Å². The second-order valence-corrected chi connectivity index (χ2v) is 5.61. The lowest BCUT2D eigenvalue weighted by molar-refractivity contribution is -0.122. The first-order valence-corrected chi connectivity index (χ1v) is 7.78. The van der Waals surface area contributed by atoms with Gasteiger partial charge in [0, 0.05) is 12.1 Å². The van der Waals surface area contributed by atoms with Gasteiger partial charge in [-0.05, 0) is 25.5 Å². The Hall–Kier alpha value is -2.40. The van der Waals surface area contributed by atoms with E-state index in [1.165, 1.54) is 14.2 Å². The van der Waals surface area contributed by atoms with E-state index >= 15 is 0 Å². The third-order valence-electron chi connectivity index (χ3n) is 3.50. The van der Waals surface area contributed by atoms with Gasteiger partial charge in [-0.15, -0.1) is 0 Å². The maximum atomic E-state index is 12.4. The highest BCUT2D eigenvalue weighted by Crippen LogP contribution is 2.36. The number of rotatable bonds is 6. The van der Waals surface area contributed by atoms with Crippen LogP contribution in [0.3, 0.4) is 0 Å². The molecule has 0 aliphatic rings. The molecule has 6 heteroatoms. The van der Waals surface area contributed by atoms with Crippen molar-refractivity contribution in [2.75, 3.05) is 19.5 Å². The van der Waals surface area contributed by atoms with Gasteiger partial charge in [0.25, 0.3) is 5.91 Å². The Morgan fingerprint density at radius 1 is 1.08 bits per heavy atom. The summed E-state index contributed by atoms with van der Waals surface area (Å²) in [4.78, 5) is 12.4. The van der Waals surface area contributed by atoms with Crippen LogP contribution in [0.1, 0.15) is 12.5 Å². The Labute approximate surface area is 146 Å². The molecule has 0 aliphatic carbocycles. The van der Waals surface area contributed by atoms with Gasteiger partial charge in [0.15, 0.2) is 6.10 Å². The van der Waals surface area contributed by atoms with Crippen molar-refractivity contribution in [3.05, 3.63) is 47.0 Å². The number of halogens is 1. The minimum Gasteiger partial charge on any atom is -0.495 e. The number of benzene rings is 2. The van der Waals surface area contributed by atoms with Gasteiger partial charge in [-0.25, -0.2) is 0 Å². The van der Waals surface area contributed by atoms with Gasteiger partial charge in [0.2, 0.25) is 0 Å². The van der Waals surface area contributed by atoms with Gasteiger partial charge >= 0.3 is 0 Å². The largest absolute Gasteiger partial charge is 0.495 e. The summed E-state index contributed by atoms with van der Waals surface area (Å²) in [5, 5.41) is 3.17. The Morgan fingerprint density at radius 3 is 2.38 bits per heavy atom. The van der Waals surface area contributed by atoms with Gasteiger partial charge in [0.05, 0.1) is 24.9 Å². The molecule has 2 aromatic carbocycles. The third kappa shape index (κ3) is 4.11. The van der Waals surface area contributed by atoms with E-state index in [0.29, 0.717) is 28.0 Å². The topological polar surface area (TPSA) is 56.8 Å². The Bertz CT molecular complexity index is 733. The fourth-order valence-electron chi connectivity index (χ4n) is 2.13. The van der Waals surface area contributed by atoms with Crippen molar-refractivity contribution >= 4 is 23.2 Å². The lowest BCUT2D eigenvalue weighted by Gasteiger charge is -2.18. The van der Waals surface area contributed by atoms with Crippen LogP contribution in [0.2, 0.25) is 5.02 Å². The number of carbonyl (C=O) groups excluding carboxylic acids is 1. The van der Waals surface area contributed by atoms with Crippen LogP contribution >= 0.6 is 11.6 Å². The molecule has 5 nitrogen and oxygen atoms in total. The van der Waals surface area contributed by atoms with Crippen molar-refractivity contribution in [2.45, 2.75) is 20.0 Å². The van der Waals surface area contributed by atoms with Crippen molar-refractivity contribution < 1.29 is 19.0 Å². The molecule has 2 aromatic rings. The summed E-state index contributed by atoms with van der Waals surface area (Å²) in [5.41, 5.74) is 1.42. The van der Waals surface area contributed by atoms with Crippen molar-refractivity contribution in [3.8, 4) is 17.2 Å². The van der Waals surface area contributed by atoms with E-state index in [2.05, 4.69) is 5.32 Å². The predicted octanol–water partition coefficient (Wildman–Crippen LogP) is 4.07. The number of hydrogen-bond donors (Lipinski definition) is 1. The second-order valence-electron chi connectivity index (χ2n) is 5.20. The normalized spacial score (nSPS) is 11.5. The second kappa shape index (κ2) is 7.93. The zero-order valence-electron chi connectivity index (χ0n) is 14.1. The van der Waals surface area contributed by atoms with E-state index < -0.39 is 6.10 Å². The Morgan fingerprint density at radius 2 is 1.75 bits per heavy atom. The first-order chi connectivity index (χ1) is 11.5. The summed E-state index contributed by atoms with van der Waals surface area (Å²) in [6.07, 6.45) is -0.683. The summed E-state index contributed by atoms with van der Waals surface area (Å²) >= 11 is 6.06. The highest BCUT2D eigenvalue weighted by molar-refractivity contribution is 6.32. The summed E-state index contributed by atoms with van der Waals surface area (Å²) in [5.74, 6) is 1.25. The van der Waals surface area contributed by atoms with E-state index in [0.717, 1.165) is 5.56 Å². The van der Waals surface area contributed by atoms with Gasteiger partial charge in [0.1, 0.15) is 17.2 Å². The molecular weight excluding hydrogens is 330 g/mol. The minimum absolute atomic E-state index is 0.305.